The van der Waals surface area contributed by atoms with Gasteiger partial charge in [0.2, 0.25) is 0 Å². The van der Waals surface area contributed by atoms with Crippen molar-refractivity contribution in [2.24, 2.45) is 0 Å². The van der Waals surface area contributed by atoms with Gasteiger partial charge in [0, 0.05) is 41.0 Å². The molecule has 112 valence electrons. The Morgan fingerprint density at radius 1 is 1.30 bits per heavy atom. The molecule has 0 amide bonds. The van der Waals surface area contributed by atoms with E-state index in [0.717, 1.165) is 0 Å². The normalized spacial score (nSPS) is 24.9. The minimum Gasteiger partial charge on any atom is -0.309 e. The van der Waals surface area contributed by atoms with E-state index >= 15 is 0 Å². The predicted octanol–water partition coefficient (Wildman–Crippen LogP) is 3.60. The fourth-order valence-electron chi connectivity index (χ4n) is 3.94. The molecule has 3 heteroatoms. The number of hydrogen-bond acceptors (Lipinski definition) is 3. The van der Waals surface area contributed by atoms with Crippen LogP contribution in [0.1, 0.15) is 48.8 Å². The summed E-state index contributed by atoms with van der Waals surface area (Å²) >= 11 is 1.96. The summed E-state index contributed by atoms with van der Waals surface area (Å²) in [5, 5.41) is 3.85. The first-order valence-electron chi connectivity index (χ1n) is 8.21. The first-order valence-corrected chi connectivity index (χ1v) is 9.03. The molecule has 3 rings (SSSR count). The van der Waals surface area contributed by atoms with Gasteiger partial charge in [0.15, 0.2) is 0 Å². The van der Waals surface area contributed by atoms with E-state index in [1.807, 2.05) is 11.3 Å². The maximum atomic E-state index is 3.85. The molecule has 1 aromatic heterocycles. The van der Waals surface area contributed by atoms with Crippen LogP contribution >= 0.6 is 11.3 Å². The number of aryl methyl sites for hydroxylation is 1. The zero-order chi connectivity index (χ0) is 14.0. The van der Waals surface area contributed by atoms with E-state index in [2.05, 4.69) is 36.2 Å². The minimum absolute atomic E-state index is 0.441. The molecule has 0 radical (unpaired) electrons. The van der Waals surface area contributed by atoms with Crippen molar-refractivity contribution in [2.45, 2.75) is 64.0 Å². The topological polar surface area (TPSA) is 15.3 Å². The Morgan fingerprint density at radius 3 is 2.80 bits per heavy atom. The highest BCUT2D eigenvalue weighted by Crippen LogP contribution is 2.31. The summed E-state index contributed by atoms with van der Waals surface area (Å²) in [6, 6.07) is 5.25. The number of nitrogens with one attached hydrogen (secondary N) is 1. The van der Waals surface area contributed by atoms with Crippen molar-refractivity contribution in [3.8, 4) is 0 Å². The summed E-state index contributed by atoms with van der Waals surface area (Å²) in [5.41, 5.74) is 0.441. The summed E-state index contributed by atoms with van der Waals surface area (Å²) in [4.78, 5) is 5.72. The third-order valence-electron chi connectivity index (χ3n) is 5.13. The van der Waals surface area contributed by atoms with Crippen LogP contribution < -0.4 is 5.32 Å². The smallest absolute Gasteiger partial charge is 0.0309 e. The highest BCUT2D eigenvalue weighted by atomic mass is 32.1. The molecule has 2 nitrogen and oxygen atoms in total. The Morgan fingerprint density at radius 2 is 2.10 bits per heavy atom. The van der Waals surface area contributed by atoms with Crippen molar-refractivity contribution in [1.29, 1.82) is 0 Å². The van der Waals surface area contributed by atoms with Crippen LogP contribution in [0.4, 0.5) is 0 Å². The molecule has 1 N–H and O–H groups in total. The summed E-state index contributed by atoms with van der Waals surface area (Å²) in [6.45, 7) is 8.27. The molecule has 1 unspecified atom stereocenters. The maximum Gasteiger partial charge on any atom is 0.0309 e. The van der Waals surface area contributed by atoms with E-state index in [4.69, 9.17) is 0 Å². The third-order valence-corrected chi connectivity index (χ3v) is 6.15. The molecule has 1 aliphatic heterocycles. The first-order chi connectivity index (χ1) is 9.67. The largest absolute Gasteiger partial charge is 0.309 e. The fraction of sp³-hybridized carbons (Fsp3) is 0.765. The highest BCUT2D eigenvalue weighted by Gasteiger charge is 2.37. The van der Waals surface area contributed by atoms with E-state index < -0.39 is 0 Å². The molecule has 1 aliphatic carbocycles. The van der Waals surface area contributed by atoms with Crippen molar-refractivity contribution in [2.75, 3.05) is 19.6 Å². The fourth-order valence-corrected chi connectivity index (χ4v) is 4.95. The molecular formula is C17H28N2S. The Kier molecular flexibility index (Phi) is 4.49. The molecule has 2 fully saturated rings. The molecule has 2 heterocycles. The third kappa shape index (κ3) is 3.26. The van der Waals surface area contributed by atoms with E-state index in [9.17, 15) is 0 Å². The zero-order valence-corrected chi connectivity index (χ0v) is 13.8. The van der Waals surface area contributed by atoms with Crippen LogP contribution in [0.15, 0.2) is 12.1 Å². The first kappa shape index (κ1) is 14.6. The van der Waals surface area contributed by atoms with Gasteiger partial charge in [-0.25, -0.2) is 0 Å². The summed E-state index contributed by atoms with van der Waals surface area (Å²) in [7, 11) is 0. The van der Waals surface area contributed by atoms with Crippen LogP contribution in [-0.4, -0.2) is 36.1 Å². The molecular weight excluding hydrogens is 264 g/mol. The quantitative estimate of drug-likeness (QED) is 0.916. The lowest BCUT2D eigenvalue weighted by Crippen LogP contribution is -2.62. The Bertz CT molecular complexity index is 428. The van der Waals surface area contributed by atoms with Crippen molar-refractivity contribution in [3.63, 3.8) is 0 Å². The second-order valence-electron chi connectivity index (χ2n) is 6.80. The van der Waals surface area contributed by atoms with Crippen LogP contribution in [0, 0.1) is 6.92 Å². The van der Waals surface area contributed by atoms with Crippen LogP contribution in [-0.2, 0) is 6.42 Å². The van der Waals surface area contributed by atoms with Crippen molar-refractivity contribution >= 4 is 11.3 Å². The molecule has 1 atom stereocenters. The lowest BCUT2D eigenvalue weighted by Gasteiger charge is -2.48. The van der Waals surface area contributed by atoms with Gasteiger partial charge < -0.3 is 5.32 Å². The summed E-state index contributed by atoms with van der Waals surface area (Å²) < 4.78 is 0. The van der Waals surface area contributed by atoms with Crippen LogP contribution in [0.2, 0.25) is 0 Å². The van der Waals surface area contributed by atoms with Gasteiger partial charge in [0.05, 0.1) is 0 Å². The predicted molar refractivity (Wildman–Crippen MR) is 87.6 cm³/mol. The number of rotatable bonds is 3. The Labute approximate surface area is 127 Å². The molecule has 1 saturated heterocycles. The standard InChI is InChI=1S/C17H28N2S/c1-14(12-16-7-6-15(2)20-16)19-11-10-18-17(13-19)8-4-3-5-9-17/h6-7,14,18H,3-5,8-13H2,1-2H3. The number of nitrogens with zero attached hydrogens (tertiary/aromatic N) is 1. The number of thiophene rings is 1. The average Bonchev–Trinajstić information content (AvgIpc) is 2.85. The van der Waals surface area contributed by atoms with Crippen molar-refractivity contribution < 1.29 is 0 Å². The number of piperazine rings is 1. The summed E-state index contributed by atoms with van der Waals surface area (Å²) in [6.07, 6.45) is 8.25. The Hall–Kier alpha value is -0.380. The molecule has 2 aliphatic rings. The average molecular weight is 292 g/mol. The second-order valence-corrected chi connectivity index (χ2v) is 8.18. The molecule has 0 bridgehead atoms. The molecule has 1 spiro atoms. The maximum absolute atomic E-state index is 3.85. The van der Waals surface area contributed by atoms with E-state index in [0.29, 0.717) is 11.6 Å². The van der Waals surface area contributed by atoms with Gasteiger partial charge in [0.25, 0.3) is 0 Å². The van der Waals surface area contributed by atoms with Crippen LogP contribution in [0.5, 0.6) is 0 Å². The van der Waals surface area contributed by atoms with Gasteiger partial charge in [-0.1, -0.05) is 19.3 Å². The van der Waals surface area contributed by atoms with E-state index in [-0.39, 0.29) is 0 Å². The van der Waals surface area contributed by atoms with Gasteiger partial charge in [-0.3, -0.25) is 4.90 Å². The van der Waals surface area contributed by atoms with Crippen molar-refractivity contribution in [3.05, 3.63) is 21.9 Å². The van der Waals surface area contributed by atoms with Gasteiger partial charge in [0.1, 0.15) is 0 Å². The number of hydrogen-bond donors (Lipinski definition) is 1. The molecule has 1 saturated carbocycles. The highest BCUT2D eigenvalue weighted by molar-refractivity contribution is 7.11. The van der Waals surface area contributed by atoms with Crippen LogP contribution in [0.25, 0.3) is 0 Å². The summed E-state index contributed by atoms with van der Waals surface area (Å²) in [5.74, 6) is 0. The van der Waals surface area contributed by atoms with Crippen molar-refractivity contribution in [1.82, 2.24) is 10.2 Å². The van der Waals surface area contributed by atoms with Gasteiger partial charge in [-0.15, -0.1) is 11.3 Å². The molecule has 0 aromatic carbocycles. The molecule has 20 heavy (non-hydrogen) atoms. The lowest BCUT2D eigenvalue weighted by molar-refractivity contribution is 0.0734. The van der Waals surface area contributed by atoms with Gasteiger partial charge in [-0.2, -0.15) is 0 Å². The lowest BCUT2D eigenvalue weighted by atomic mass is 9.80. The van der Waals surface area contributed by atoms with Gasteiger partial charge in [-0.05, 0) is 45.2 Å². The van der Waals surface area contributed by atoms with E-state index in [1.54, 1.807) is 4.88 Å². The monoisotopic (exact) mass is 292 g/mol. The zero-order valence-electron chi connectivity index (χ0n) is 13.0. The van der Waals surface area contributed by atoms with E-state index in [1.165, 1.54) is 63.0 Å². The second kappa shape index (κ2) is 6.17. The molecule has 1 aromatic rings. The van der Waals surface area contributed by atoms with Crippen LogP contribution in [0.3, 0.4) is 0 Å². The SMILES string of the molecule is Cc1ccc(CC(C)N2CCNC3(CCCCC3)C2)s1. The van der Waals surface area contributed by atoms with Gasteiger partial charge >= 0.3 is 0 Å². The minimum atomic E-state index is 0.441. The Balaban J connectivity index is 1.61.